The Morgan fingerprint density at radius 2 is 2.03 bits per heavy atom. The third-order valence-corrected chi connectivity index (χ3v) is 6.73. The van der Waals surface area contributed by atoms with E-state index in [4.69, 9.17) is 4.42 Å². The number of aromatic nitrogens is 1. The molecule has 10 heteroatoms. The molecule has 1 N–H and O–H groups in total. The maximum atomic E-state index is 13.0. The number of thioether (sulfide) groups is 1. The van der Waals surface area contributed by atoms with E-state index < -0.39 is 17.6 Å². The van der Waals surface area contributed by atoms with Crippen LogP contribution in [0.2, 0.25) is 0 Å². The highest BCUT2D eigenvalue weighted by Crippen LogP contribution is 2.33. The van der Waals surface area contributed by atoms with Gasteiger partial charge in [0.25, 0.3) is 5.91 Å². The fraction of sp³-hybridized carbons (Fsp3) is 0.333. The van der Waals surface area contributed by atoms with Crippen LogP contribution in [0, 0.1) is 6.92 Å². The summed E-state index contributed by atoms with van der Waals surface area (Å²) in [5.74, 6) is 2.37. The number of halogens is 3. The molecular weight excluding hydrogens is 447 g/mol. The number of hydrogen-bond donors (Lipinski definition) is 1. The fourth-order valence-electron chi connectivity index (χ4n) is 3.28. The number of furan rings is 1. The van der Waals surface area contributed by atoms with E-state index in [9.17, 15) is 18.0 Å². The number of carbonyl (C=O) groups excluding carboxylic acids is 1. The summed E-state index contributed by atoms with van der Waals surface area (Å²) in [6.45, 7) is 4.49. The van der Waals surface area contributed by atoms with E-state index in [0.717, 1.165) is 48.1 Å². The number of carbonyl (C=O) groups is 1. The van der Waals surface area contributed by atoms with Crippen molar-refractivity contribution in [2.75, 3.05) is 29.9 Å². The summed E-state index contributed by atoms with van der Waals surface area (Å²) in [6, 6.07) is 6.29. The Hall–Kier alpha value is -2.30. The van der Waals surface area contributed by atoms with Crippen molar-refractivity contribution in [3.63, 3.8) is 0 Å². The Bertz CT molecular complexity index is 1070. The molecule has 0 radical (unpaired) electrons. The lowest BCUT2D eigenvalue weighted by atomic mass is 10.1. The first-order chi connectivity index (χ1) is 14.8. The lowest BCUT2D eigenvalue weighted by Gasteiger charge is -2.25. The summed E-state index contributed by atoms with van der Waals surface area (Å²) >= 11 is 3.36. The van der Waals surface area contributed by atoms with E-state index in [2.05, 4.69) is 15.2 Å². The summed E-state index contributed by atoms with van der Waals surface area (Å²) in [7, 11) is 0. The van der Waals surface area contributed by atoms with Crippen LogP contribution in [0.5, 0.6) is 0 Å². The molecule has 1 aromatic carbocycles. The van der Waals surface area contributed by atoms with Crippen molar-refractivity contribution in [1.82, 2.24) is 9.88 Å². The molecule has 3 heterocycles. The number of alkyl halides is 3. The van der Waals surface area contributed by atoms with Crippen LogP contribution >= 0.6 is 23.1 Å². The molecule has 1 aliphatic heterocycles. The van der Waals surface area contributed by atoms with Crippen molar-refractivity contribution < 1.29 is 22.4 Å². The summed E-state index contributed by atoms with van der Waals surface area (Å²) in [6.07, 6.45) is -2.69. The molecule has 0 atom stereocenters. The molecule has 0 aliphatic carbocycles. The number of benzene rings is 1. The minimum absolute atomic E-state index is 0.205. The van der Waals surface area contributed by atoms with Gasteiger partial charge in [-0.3, -0.25) is 15.0 Å². The van der Waals surface area contributed by atoms with Crippen LogP contribution in [0.25, 0.3) is 11.3 Å². The van der Waals surface area contributed by atoms with E-state index in [1.807, 2.05) is 11.8 Å². The number of hydrogen-bond acceptors (Lipinski definition) is 6. The van der Waals surface area contributed by atoms with Crippen molar-refractivity contribution in [3.05, 3.63) is 58.3 Å². The second-order valence-corrected chi connectivity index (χ2v) is 9.47. The predicted molar refractivity (Wildman–Crippen MR) is 117 cm³/mol. The van der Waals surface area contributed by atoms with Gasteiger partial charge in [-0.25, -0.2) is 4.98 Å². The summed E-state index contributed by atoms with van der Waals surface area (Å²) in [5.41, 5.74) is -0.252. The molecule has 31 heavy (non-hydrogen) atoms. The average Bonchev–Trinajstić information content (AvgIpc) is 3.34. The molecule has 0 bridgehead atoms. The zero-order chi connectivity index (χ0) is 22.0. The third kappa shape index (κ3) is 5.31. The van der Waals surface area contributed by atoms with Crippen LogP contribution in [0.15, 0.2) is 40.9 Å². The summed E-state index contributed by atoms with van der Waals surface area (Å²) < 4.78 is 44.5. The normalized spacial score (nSPS) is 15.2. The van der Waals surface area contributed by atoms with Gasteiger partial charge in [0.1, 0.15) is 11.5 Å². The second kappa shape index (κ2) is 9.05. The zero-order valence-corrected chi connectivity index (χ0v) is 18.3. The van der Waals surface area contributed by atoms with Crippen LogP contribution in [-0.4, -0.2) is 40.4 Å². The van der Waals surface area contributed by atoms with Gasteiger partial charge in [-0.1, -0.05) is 12.1 Å². The zero-order valence-electron chi connectivity index (χ0n) is 16.7. The summed E-state index contributed by atoms with van der Waals surface area (Å²) in [4.78, 5) is 20.4. The molecular formula is C21H20F3N3O2S2. The van der Waals surface area contributed by atoms with Crippen LogP contribution in [-0.2, 0) is 12.7 Å². The first kappa shape index (κ1) is 21.9. The van der Waals surface area contributed by atoms with Crippen molar-refractivity contribution in [2.45, 2.75) is 19.6 Å². The van der Waals surface area contributed by atoms with E-state index in [1.54, 1.807) is 13.1 Å². The van der Waals surface area contributed by atoms with Crippen molar-refractivity contribution in [2.24, 2.45) is 0 Å². The molecule has 0 saturated carbocycles. The van der Waals surface area contributed by atoms with Gasteiger partial charge in [0.05, 0.1) is 11.1 Å². The number of nitrogens with zero attached hydrogens (tertiary/aromatic N) is 2. The topological polar surface area (TPSA) is 58.4 Å². The van der Waals surface area contributed by atoms with Crippen LogP contribution in [0.1, 0.15) is 26.6 Å². The van der Waals surface area contributed by atoms with Gasteiger partial charge in [0.15, 0.2) is 5.13 Å². The standard InChI is InChI=1S/C21H20F3N3O2S2/c1-13-17(10-18(29-13)14-3-2-4-15(9-14)21(22,23)24)19(28)26-20-25-11-16(31-20)12-27-5-7-30-8-6-27/h2-4,9-11H,5-8,12H2,1H3,(H,25,26,28). The Balaban J connectivity index is 1.46. The molecule has 3 aromatic rings. The smallest absolute Gasteiger partial charge is 0.416 e. The van der Waals surface area contributed by atoms with Gasteiger partial charge in [-0.15, -0.1) is 11.3 Å². The molecule has 2 aromatic heterocycles. The van der Waals surface area contributed by atoms with Crippen LogP contribution in [0.4, 0.5) is 18.3 Å². The number of rotatable bonds is 5. The van der Waals surface area contributed by atoms with Crippen LogP contribution < -0.4 is 5.32 Å². The van der Waals surface area contributed by atoms with Gasteiger partial charge in [0, 0.05) is 47.8 Å². The number of anilines is 1. The molecule has 1 amide bonds. The molecule has 1 aliphatic rings. The van der Waals surface area contributed by atoms with Gasteiger partial charge in [-0.05, 0) is 25.1 Å². The maximum absolute atomic E-state index is 13.0. The number of amides is 1. The molecule has 5 nitrogen and oxygen atoms in total. The number of thiazole rings is 1. The van der Waals surface area contributed by atoms with Crippen molar-refractivity contribution in [3.8, 4) is 11.3 Å². The largest absolute Gasteiger partial charge is 0.461 e. The first-order valence-electron chi connectivity index (χ1n) is 9.64. The highest BCUT2D eigenvalue weighted by Gasteiger charge is 2.31. The molecule has 164 valence electrons. The van der Waals surface area contributed by atoms with Crippen molar-refractivity contribution >= 4 is 34.1 Å². The fourth-order valence-corrected chi connectivity index (χ4v) is 5.11. The van der Waals surface area contributed by atoms with E-state index in [1.165, 1.54) is 29.5 Å². The van der Waals surface area contributed by atoms with Crippen LogP contribution in [0.3, 0.4) is 0 Å². The Morgan fingerprint density at radius 3 is 2.77 bits per heavy atom. The average molecular weight is 468 g/mol. The van der Waals surface area contributed by atoms with Crippen molar-refractivity contribution in [1.29, 1.82) is 0 Å². The SMILES string of the molecule is Cc1oc(-c2cccc(C(F)(F)F)c2)cc1C(=O)Nc1ncc(CN2CCSCC2)s1. The molecule has 1 fully saturated rings. The highest BCUT2D eigenvalue weighted by molar-refractivity contribution is 7.99. The monoisotopic (exact) mass is 467 g/mol. The van der Waals surface area contributed by atoms with Gasteiger partial charge < -0.3 is 4.42 Å². The highest BCUT2D eigenvalue weighted by atomic mass is 32.2. The Morgan fingerprint density at radius 1 is 1.26 bits per heavy atom. The Labute approximate surface area is 185 Å². The van der Waals surface area contributed by atoms with Gasteiger partial charge in [0.2, 0.25) is 0 Å². The number of aryl methyl sites for hydroxylation is 1. The lowest BCUT2D eigenvalue weighted by Crippen LogP contribution is -2.31. The molecule has 1 saturated heterocycles. The maximum Gasteiger partial charge on any atom is 0.416 e. The minimum Gasteiger partial charge on any atom is -0.461 e. The third-order valence-electron chi connectivity index (χ3n) is 4.89. The molecule has 4 rings (SSSR count). The van der Waals surface area contributed by atoms with E-state index in [0.29, 0.717) is 10.9 Å². The van der Waals surface area contributed by atoms with Gasteiger partial charge in [-0.2, -0.15) is 24.9 Å². The first-order valence-corrected chi connectivity index (χ1v) is 11.6. The van der Waals surface area contributed by atoms with E-state index >= 15 is 0 Å². The Kier molecular flexibility index (Phi) is 6.40. The number of nitrogens with one attached hydrogen (secondary N) is 1. The summed E-state index contributed by atoms with van der Waals surface area (Å²) in [5, 5.41) is 3.24. The van der Waals surface area contributed by atoms with E-state index in [-0.39, 0.29) is 16.9 Å². The molecule has 0 spiro atoms. The second-order valence-electron chi connectivity index (χ2n) is 7.13. The predicted octanol–water partition coefficient (Wildman–Crippen LogP) is 5.53. The minimum atomic E-state index is -4.45. The quantitative estimate of drug-likeness (QED) is 0.535. The van der Waals surface area contributed by atoms with Gasteiger partial charge >= 0.3 is 6.18 Å². The molecule has 0 unspecified atom stereocenters. The lowest BCUT2D eigenvalue weighted by molar-refractivity contribution is -0.137.